The second kappa shape index (κ2) is 12.8. The van der Waals surface area contributed by atoms with Crippen LogP contribution < -0.4 is 4.74 Å². The number of allylic oxidation sites excluding steroid dienone is 2. The average molecular weight is 471 g/mol. The van der Waals surface area contributed by atoms with Gasteiger partial charge < -0.3 is 19.7 Å². The molecule has 0 radical (unpaired) electrons. The average Bonchev–Trinajstić information content (AvgIpc) is 3.01. The van der Waals surface area contributed by atoms with E-state index in [1.165, 1.54) is 12.1 Å². The van der Waals surface area contributed by atoms with Crippen molar-refractivity contribution in [2.75, 3.05) is 0 Å². The summed E-state index contributed by atoms with van der Waals surface area (Å²) in [5, 5.41) is 20.5. The van der Waals surface area contributed by atoms with E-state index in [4.69, 9.17) is 4.74 Å². The second-order valence-electron chi connectivity index (χ2n) is 8.53. The first-order valence-electron chi connectivity index (χ1n) is 11.2. The molecule has 2 rings (SSSR count). The number of aliphatic hydroxyl groups is 2. The lowest BCUT2D eigenvalue weighted by Crippen LogP contribution is -2.33. The van der Waals surface area contributed by atoms with Gasteiger partial charge in [0.25, 0.3) is 0 Å². The number of carbonyl (C=O) groups excluding carboxylic acids is 1. The lowest BCUT2D eigenvalue weighted by atomic mass is 9.89. The van der Waals surface area contributed by atoms with E-state index in [2.05, 4.69) is 4.74 Å². The number of hydrogen-bond donors (Lipinski definition) is 2. The summed E-state index contributed by atoms with van der Waals surface area (Å²) in [4.78, 5) is 11.5. The maximum absolute atomic E-state index is 14.3. The molecule has 1 aromatic rings. The molecule has 0 saturated heterocycles. The van der Waals surface area contributed by atoms with Gasteiger partial charge in [0.2, 0.25) is 0 Å². The fourth-order valence-corrected chi connectivity index (χ4v) is 3.78. The molecular weight excluding hydrogens is 437 g/mol. The number of para-hydroxylation sites is 1. The highest BCUT2D eigenvalue weighted by atomic mass is 19.3. The number of unbranched alkanes of at least 4 members (excludes halogenated alkanes) is 1. The van der Waals surface area contributed by atoms with Crippen LogP contribution >= 0.6 is 0 Å². The first kappa shape index (κ1) is 26.9. The number of carbonyl (C=O) groups is 1. The highest BCUT2D eigenvalue weighted by Crippen LogP contribution is 2.37. The number of aliphatic hydroxyl groups excluding tert-OH is 2. The minimum atomic E-state index is -3.91. The minimum Gasteiger partial charge on any atom is -0.463 e. The Hall–Kier alpha value is -2.32. The van der Waals surface area contributed by atoms with E-state index in [1.807, 2.05) is 6.08 Å². The van der Waals surface area contributed by atoms with Gasteiger partial charge in [-0.05, 0) is 57.2 Å². The summed E-state index contributed by atoms with van der Waals surface area (Å²) in [6, 6.07) is 7.49. The molecule has 8 heteroatoms. The summed E-state index contributed by atoms with van der Waals surface area (Å²) in [6.45, 7) is 3.56. The third-order valence-corrected chi connectivity index (χ3v) is 5.44. The van der Waals surface area contributed by atoms with Crippen molar-refractivity contribution >= 4 is 5.97 Å². The molecule has 1 aromatic carbocycles. The Bertz CT molecular complexity index is 782. The number of halogens is 3. The second-order valence-corrected chi connectivity index (χ2v) is 8.53. The van der Waals surface area contributed by atoms with Crippen LogP contribution in [0, 0.1) is 11.8 Å². The normalized spacial score (nSPS) is 24.6. The number of rotatable bonds is 12. The number of benzene rings is 1. The molecule has 1 aliphatic carbocycles. The quantitative estimate of drug-likeness (QED) is 0.256. The summed E-state index contributed by atoms with van der Waals surface area (Å²) < 4.78 is 52.3. The maximum atomic E-state index is 14.3. The predicted octanol–water partition coefficient (Wildman–Crippen LogP) is 4.98. The van der Waals surface area contributed by atoms with E-state index >= 15 is 0 Å². The summed E-state index contributed by atoms with van der Waals surface area (Å²) in [5.74, 6) is -5.42. The monoisotopic (exact) mass is 470 g/mol. The molecule has 0 spiro atoms. The van der Waals surface area contributed by atoms with Crippen LogP contribution in [0.4, 0.5) is 13.2 Å². The third kappa shape index (κ3) is 8.85. The highest BCUT2D eigenvalue weighted by Gasteiger charge is 2.43. The maximum Gasteiger partial charge on any atom is 0.331 e. The molecule has 1 unspecified atom stereocenters. The van der Waals surface area contributed by atoms with Gasteiger partial charge in [-0.1, -0.05) is 36.4 Å². The van der Waals surface area contributed by atoms with Crippen LogP contribution in [0.1, 0.15) is 46.0 Å². The molecule has 1 fully saturated rings. The van der Waals surface area contributed by atoms with Crippen molar-refractivity contribution < 1.29 is 37.7 Å². The Morgan fingerprint density at radius 2 is 1.88 bits per heavy atom. The lowest BCUT2D eigenvalue weighted by molar-refractivity contribution is -0.147. The smallest absolute Gasteiger partial charge is 0.331 e. The number of hydrogen-bond acceptors (Lipinski definition) is 5. The lowest BCUT2D eigenvalue weighted by Gasteiger charge is -2.22. The van der Waals surface area contributed by atoms with Gasteiger partial charge >= 0.3 is 18.2 Å². The van der Waals surface area contributed by atoms with Crippen molar-refractivity contribution in [3.63, 3.8) is 0 Å². The van der Waals surface area contributed by atoms with Crippen LogP contribution in [-0.2, 0) is 9.53 Å². The molecule has 33 heavy (non-hydrogen) atoms. The molecule has 1 aliphatic rings. The molecule has 184 valence electrons. The van der Waals surface area contributed by atoms with Gasteiger partial charge in [-0.25, -0.2) is 0 Å². The zero-order chi connectivity index (χ0) is 24.4. The third-order valence-electron chi connectivity index (χ3n) is 5.44. The van der Waals surface area contributed by atoms with Gasteiger partial charge in [-0.3, -0.25) is 4.79 Å². The molecule has 0 heterocycles. The van der Waals surface area contributed by atoms with Crippen molar-refractivity contribution in [3.8, 4) is 5.75 Å². The summed E-state index contributed by atoms with van der Waals surface area (Å²) >= 11 is 0. The van der Waals surface area contributed by atoms with Crippen LogP contribution in [0.3, 0.4) is 0 Å². The van der Waals surface area contributed by atoms with E-state index < -0.39 is 36.3 Å². The molecule has 0 bridgehead atoms. The van der Waals surface area contributed by atoms with E-state index in [-0.39, 0.29) is 24.2 Å². The van der Waals surface area contributed by atoms with Gasteiger partial charge in [-0.15, -0.1) is 0 Å². The van der Waals surface area contributed by atoms with Crippen LogP contribution in [0.2, 0.25) is 0 Å². The van der Waals surface area contributed by atoms with E-state index in [0.29, 0.717) is 31.8 Å². The van der Waals surface area contributed by atoms with Crippen molar-refractivity contribution in [2.24, 2.45) is 11.8 Å². The molecular formula is C25H33F3O5. The zero-order valence-electron chi connectivity index (χ0n) is 18.9. The van der Waals surface area contributed by atoms with Crippen LogP contribution in [0.5, 0.6) is 5.75 Å². The molecule has 0 aromatic heterocycles. The van der Waals surface area contributed by atoms with Gasteiger partial charge in [0, 0.05) is 18.8 Å². The largest absolute Gasteiger partial charge is 0.463 e. The van der Waals surface area contributed by atoms with Crippen molar-refractivity contribution in [1.82, 2.24) is 0 Å². The Balaban J connectivity index is 1.89. The van der Waals surface area contributed by atoms with Gasteiger partial charge in [-0.2, -0.15) is 13.2 Å². The first-order chi connectivity index (χ1) is 15.6. The number of alkyl halides is 3. The SMILES string of the molecule is CC(C)OC(=O)CCC/C=C\C[C@H]1[C@@H](/C=C/C(F)(F)C(F)Oc2ccccc2)[C@H](O)C[C@@H]1O. The molecule has 0 aliphatic heterocycles. The van der Waals surface area contributed by atoms with Crippen LogP contribution in [0.25, 0.3) is 0 Å². The first-order valence-corrected chi connectivity index (χ1v) is 11.2. The van der Waals surface area contributed by atoms with Crippen LogP contribution in [-0.4, -0.2) is 46.8 Å². The fourth-order valence-electron chi connectivity index (χ4n) is 3.78. The summed E-state index contributed by atoms with van der Waals surface area (Å²) in [6.07, 6.45) is 2.14. The summed E-state index contributed by atoms with van der Waals surface area (Å²) in [7, 11) is 0. The van der Waals surface area contributed by atoms with E-state index in [0.717, 1.165) is 6.08 Å². The molecule has 1 saturated carbocycles. The van der Waals surface area contributed by atoms with Crippen molar-refractivity contribution in [1.29, 1.82) is 0 Å². The topological polar surface area (TPSA) is 76.0 Å². The molecule has 5 atom stereocenters. The Labute approximate surface area is 192 Å². The Morgan fingerprint density at radius 1 is 1.18 bits per heavy atom. The summed E-state index contributed by atoms with van der Waals surface area (Å²) in [5.41, 5.74) is 0. The molecule has 0 amide bonds. The molecule has 5 nitrogen and oxygen atoms in total. The number of esters is 1. The van der Waals surface area contributed by atoms with E-state index in [1.54, 1.807) is 38.1 Å². The van der Waals surface area contributed by atoms with E-state index in [9.17, 15) is 28.2 Å². The fraction of sp³-hybridized carbons (Fsp3) is 0.560. The van der Waals surface area contributed by atoms with Gasteiger partial charge in [0.1, 0.15) is 5.75 Å². The zero-order valence-corrected chi connectivity index (χ0v) is 18.9. The Kier molecular flexibility index (Phi) is 10.4. The molecule has 2 N–H and O–H groups in total. The standard InChI is InChI=1S/C25H33F3O5/c1-17(2)32-23(31)13-9-4-3-8-12-19-20(22(30)16-21(19)29)14-15-25(27,28)24(26)33-18-10-6-5-7-11-18/h3,5-8,10-11,14-15,17,19-22,24,29-30H,4,9,12-13,16H2,1-2H3/b8-3-,15-14+/t19-,20+,21-,22+,24?/m0/s1. The van der Waals surface area contributed by atoms with Crippen molar-refractivity contribution in [3.05, 3.63) is 54.6 Å². The number of ether oxygens (including phenoxy) is 2. The minimum absolute atomic E-state index is 0.0186. The van der Waals surface area contributed by atoms with Gasteiger partial charge in [0.15, 0.2) is 0 Å². The van der Waals surface area contributed by atoms with Crippen LogP contribution in [0.15, 0.2) is 54.6 Å². The highest BCUT2D eigenvalue weighted by molar-refractivity contribution is 5.69. The Morgan fingerprint density at radius 3 is 2.55 bits per heavy atom. The predicted molar refractivity (Wildman–Crippen MR) is 118 cm³/mol. The van der Waals surface area contributed by atoms with Gasteiger partial charge in [0.05, 0.1) is 18.3 Å². The van der Waals surface area contributed by atoms with Crippen molar-refractivity contribution in [2.45, 2.75) is 76.5 Å².